The molecule has 0 bridgehead atoms. The maximum atomic E-state index is 13.1. The SMILES string of the molecule is O=C(NC1CCCN(c2ncccn2)C1)C1CCN(C(=O)c2ccc(F)cc2)CC1. The number of carbonyl (C=O) groups excluding carboxylic acids is 2. The van der Waals surface area contributed by atoms with Crippen LogP contribution in [0.1, 0.15) is 36.0 Å². The molecule has 30 heavy (non-hydrogen) atoms. The van der Waals surface area contributed by atoms with E-state index in [0.29, 0.717) is 44.0 Å². The maximum absolute atomic E-state index is 13.1. The summed E-state index contributed by atoms with van der Waals surface area (Å²) in [6.45, 7) is 2.66. The van der Waals surface area contributed by atoms with E-state index >= 15 is 0 Å². The predicted octanol–water partition coefficient (Wildman–Crippen LogP) is 2.25. The van der Waals surface area contributed by atoms with E-state index in [1.807, 2.05) is 0 Å². The normalized spacial score (nSPS) is 20.1. The number of anilines is 1. The fourth-order valence-electron chi connectivity index (χ4n) is 4.17. The highest BCUT2D eigenvalue weighted by atomic mass is 19.1. The fourth-order valence-corrected chi connectivity index (χ4v) is 4.17. The Kier molecular flexibility index (Phi) is 6.21. The average Bonchev–Trinajstić information content (AvgIpc) is 2.80. The molecule has 0 aliphatic carbocycles. The Bertz CT molecular complexity index is 869. The third kappa shape index (κ3) is 4.75. The Morgan fingerprint density at radius 1 is 1.00 bits per heavy atom. The van der Waals surface area contributed by atoms with Crippen molar-refractivity contribution in [1.82, 2.24) is 20.2 Å². The van der Waals surface area contributed by atoms with Crippen LogP contribution in [0.4, 0.5) is 10.3 Å². The van der Waals surface area contributed by atoms with Crippen LogP contribution in [-0.4, -0.2) is 58.9 Å². The highest BCUT2D eigenvalue weighted by Gasteiger charge is 2.30. The lowest BCUT2D eigenvalue weighted by molar-refractivity contribution is -0.127. The summed E-state index contributed by atoms with van der Waals surface area (Å²) in [4.78, 5) is 37.8. The number of carbonyl (C=O) groups is 2. The topological polar surface area (TPSA) is 78.4 Å². The lowest BCUT2D eigenvalue weighted by Gasteiger charge is -2.35. The Morgan fingerprint density at radius 3 is 2.40 bits per heavy atom. The molecule has 3 heterocycles. The number of amides is 2. The Balaban J connectivity index is 1.27. The van der Waals surface area contributed by atoms with Crippen LogP contribution in [0, 0.1) is 11.7 Å². The van der Waals surface area contributed by atoms with Crippen molar-refractivity contribution >= 4 is 17.8 Å². The number of halogens is 1. The maximum Gasteiger partial charge on any atom is 0.253 e. The standard InChI is InChI=1S/C22H26FN5O2/c23-18-6-4-17(5-7-18)21(30)27-13-8-16(9-14-27)20(29)26-19-3-1-12-28(15-19)22-24-10-2-11-25-22/h2,4-7,10-11,16,19H,1,3,8-9,12-15H2,(H,26,29). The molecule has 2 amide bonds. The number of piperidine rings is 2. The summed E-state index contributed by atoms with van der Waals surface area (Å²) in [5, 5.41) is 3.19. The first-order valence-electron chi connectivity index (χ1n) is 10.5. The van der Waals surface area contributed by atoms with Crippen molar-refractivity contribution in [2.24, 2.45) is 5.92 Å². The van der Waals surface area contributed by atoms with E-state index < -0.39 is 0 Å². The molecule has 2 saturated heterocycles. The molecule has 2 fully saturated rings. The molecular weight excluding hydrogens is 385 g/mol. The van der Waals surface area contributed by atoms with Gasteiger partial charge in [0.15, 0.2) is 0 Å². The molecule has 0 radical (unpaired) electrons. The van der Waals surface area contributed by atoms with E-state index in [9.17, 15) is 14.0 Å². The van der Waals surface area contributed by atoms with Crippen LogP contribution >= 0.6 is 0 Å². The van der Waals surface area contributed by atoms with Crippen LogP contribution in [0.15, 0.2) is 42.7 Å². The molecule has 1 aromatic carbocycles. The average molecular weight is 411 g/mol. The first-order valence-corrected chi connectivity index (χ1v) is 10.5. The first kappa shape index (κ1) is 20.3. The highest BCUT2D eigenvalue weighted by molar-refractivity contribution is 5.94. The summed E-state index contributed by atoms with van der Waals surface area (Å²) in [6.07, 6.45) is 6.65. The quantitative estimate of drug-likeness (QED) is 0.835. The molecule has 0 saturated carbocycles. The molecule has 2 aliphatic rings. The molecule has 7 nitrogen and oxygen atoms in total. The van der Waals surface area contributed by atoms with Crippen molar-refractivity contribution in [2.75, 3.05) is 31.1 Å². The molecule has 2 aliphatic heterocycles. The van der Waals surface area contributed by atoms with Gasteiger partial charge in [0, 0.05) is 56.1 Å². The van der Waals surface area contributed by atoms with Crippen molar-refractivity contribution in [1.29, 1.82) is 0 Å². The minimum Gasteiger partial charge on any atom is -0.351 e. The second-order valence-electron chi connectivity index (χ2n) is 7.92. The van der Waals surface area contributed by atoms with Crippen molar-refractivity contribution < 1.29 is 14.0 Å². The Labute approximate surface area is 175 Å². The second kappa shape index (κ2) is 9.19. The zero-order chi connectivity index (χ0) is 20.9. The zero-order valence-corrected chi connectivity index (χ0v) is 16.8. The number of rotatable bonds is 4. The monoisotopic (exact) mass is 411 g/mol. The molecule has 1 aromatic heterocycles. The van der Waals surface area contributed by atoms with Gasteiger partial charge < -0.3 is 15.1 Å². The van der Waals surface area contributed by atoms with Gasteiger partial charge in [0.25, 0.3) is 5.91 Å². The van der Waals surface area contributed by atoms with Gasteiger partial charge in [0.2, 0.25) is 11.9 Å². The molecule has 4 rings (SSSR count). The van der Waals surface area contributed by atoms with E-state index in [0.717, 1.165) is 19.4 Å². The summed E-state index contributed by atoms with van der Waals surface area (Å²) < 4.78 is 13.1. The van der Waals surface area contributed by atoms with Gasteiger partial charge in [-0.15, -0.1) is 0 Å². The molecule has 1 atom stereocenters. The Hall–Kier alpha value is -3.03. The van der Waals surface area contributed by atoms with Crippen molar-refractivity contribution in [3.8, 4) is 0 Å². The summed E-state index contributed by atoms with van der Waals surface area (Å²) >= 11 is 0. The van der Waals surface area contributed by atoms with Gasteiger partial charge in [0.1, 0.15) is 5.82 Å². The molecular formula is C22H26FN5O2. The predicted molar refractivity (Wildman–Crippen MR) is 110 cm³/mol. The third-order valence-corrected chi connectivity index (χ3v) is 5.85. The lowest BCUT2D eigenvalue weighted by atomic mass is 9.94. The Morgan fingerprint density at radius 2 is 1.70 bits per heavy atom. The van der Waals surface area contributed by atoms with Gasteiger partial charge in [-0.05, 0) is 56.0 Å². The molecule has 8 heteroatoms. The fraction of sp³-hybridized carbons (Fsp3) is 0.455. The van der Waals surface area contributed by atoms with Crippen molar-refractivity contribution in [3.05, 3.63) is 54.1 Å². The van der Waals surface area contributed by atoms with E-state index in [-0.39, 0.29) is 29.6 Å². The minimum atomic E-state index is -0.359. The van der Waals surface area contributed by atoms with Gasteiger partial charge in [-0.1, -0.05) is 0 Å². The van der Waals surface area contributed by atoms with Gasteiger partial charge in [-0.2, -0.15) is 0 Å². The zero-order valence-electron chi connectivity index (χ0n) is 16.8. The summed E-state index contributed by atoms with van der Waals surface area (Å²) in [6, 6.07) is 7.46. The van der Waals surface area contributed by atoms with Crippen molar-refractivity contribution in [3.63, 3.8) is 0 Å². The third-order valence-electron chi connectivity index (χ3n) is 5.85. The van der Waals surface area contributed by atoms with E-state index in [1.54, 1.807) is 23.4 Å². The highest BCUT2D eigenvalue weighted by Crippen LogP contribution is 2.21. The van der Waals surface area contributed by atoms with E-state index in [2.05, 4.69) is 20.2 Å². The summed E-state index contributed by atoms with van der Waals surface area (Å²) in [5.41, 5.74) is 0.477. The van der Waals surface area contributed by atoms with Gasteiger partial charge in [-0.25, -0.2) is 14.4 Å². The van der Waals surface area contributed by atoms with Crippen molar-refractivity contribution in [2.45, 2.75) is 31.7 Å². The molecule has 0 spiro atoms. The molecule has 1 N–H and O–H groups in total. The summed E-state index contributed by atoms with van der Waals surface area (Å²) in [5.74, 6) is 0.195. The number of nitrogens with one attached hydrogen (secondary N) is 1. The number of benzene rings is 1. The molecule has 1 unspecified atom stereocenters. The number of hydrogen-bond acceptors (Lipinski definition) is 5. The summed E-state index contributed by atoms with van der Waals surface area (Å²) in [7, 11) is 0. The minimum absolute atomic E-state index is 0.0599. The number of nitrogens with zero attached hydrogens (tertiary/aromatic N) is 4. The van der Waals surface area contributed by atoms with Crippen LogP contribution < -0.4 is 10.2 Å². The smallest absolute Gasteiger partial charge is 0.253 e. The van der Waals surface area contributed by atoms with Gasteiger partial charge in [-0.3, -0.25) is 9.59 Å². The van der Waals surface area contributed by atoms with Crippen LogP contribution in [-0.2, 0) is 4.79 Å². The van der Waals surface area contributed by atoms with Gasteiger partial charge in [0.05, 0.1) is 0 Å². The number of aromatic nitrogens is 2. The first-order chi connectivity index (χ1) is 14.6. The van der Waals surface area contributed by atoms with Gasteiger partial charge >= 0.3 is 0 Å². The van der Waals surface area contributed by atoms with E-state index in [4.69, 9.17) is 0 Å². The molecule has 158 valence electrons. The largest absolute Gasteiger partial charge is 0.351 e. The van der Waals surface area contributed by atoms with Crippen LogP contribution in [0.3, 0.4) is 0 Å². The van der Waals surface area contributed by atoms with Crippen LogP contribution in [0.2, 0.25) is 0 Å². The van der Waals surface area contributed by atoms with Crippen LogP contribution in [0.25, 0.3) is 0 Å². The second-order valence-corrected chi connectivity index (χ2v) is 7.92. The van der Waals surface area contributed by atoms with Crippen LogP contribution in [0.5, 0.6) is 0 Å². The lowest BCUT2D eigenvalue weighted by Crippen LogP contribution is -2.51. The number of hydrogen-bond donors (Lipinski definition) is 1. The number of likely N-dealkylation sites (tertiary alicyclic amines) is 1. The van der Waals surface area contributed by atoms with E-state index in [1.165, 1.54) is 24.3 Å². The molecule has 2 aromatic rings.